The molecule has 0 saturated heterocycles. The largest absolute Gasteiger partial charge is 0.222 e. The molecular weight excluding hydrogens is 336 g/mol. The maximum Gasteiger partial charge on any atom is 0.128 e. The smallest absolute Gasteiger partial charge is 0.128 e. The topological polar surface area (TPSA) is 17.8 Å². The average molecular weight is 354 g/mol. The molecule has 2 nitrogen and oxygen atoms in total. The van der Waals surface area contributed by atoms with Crippen LogP contribution in [0, 0.1) is 4.64 Å². The molecule has 0 aliphatic heterocycles. The molecule has 26 heavy (non-hydrogen) atoms. The van der Waals surface area contributed by atoms with E-state index >= 15 is 0 Å². The first-order valence-corrected chi connectivity index (χ1v) is 9.00. The summed E-state index contributed by atoms with van der Waals surface area (Å²) in [6, 6.07) is 32.8. The van der Waals surface area contributed by atoms with E-state index in [2.05, 4.69) is 42.5 Å². The van der Waals surface area contributed by atoms with E-state index in [-0.39, 0.29) is 0 Å². The zero-order valence-corrected chi connectivity index (χ0v) is 15.1. The van der Waals surface area contributed by atoms with E-state index in [9.17, 15) is 0 Å². The molecule has 0 amide bonds. The molecule has 1 aromatic heterocycles. The lowest BCUT2D eigenvalue weighted by Crippen LogP contribution is -2.07. The van der Waals surface area contributed by atoms with E-state index in [0.717, 1.165) is 28.9 Å². The van der Waals surface area contributed by atoms with Crippen molar-refractivity contribution < 1.29 is 0 Å². The predicted molar refractivity (Wildman–Crippen MR) is 109 cm³/mol. The minimum absolute atomic E-state index is 0.710. The third-order valence-corrected chi connectivity index (χ3v) is 4.59. The molecule has 3 heteroatoms. The summed E-state index contributed by atoms with van der Waals surface area (Å²) in [6.45, 7) is 0. The van der Waals surface area contributed by atoms with Crippen LogP contribution >= 0.6 is 12.2 Å². The first-order chi connectivity index (χ1) is 12.8. The van der Waals surface area contributed by atoms with Gasteiger partial charge in [-0.2, -0.15) is 5.10 Å². The zero-order chi connectivity index (χ0) is 17.8. The standard InChI is InChI=1S/C23H18N2S/c26-22-17-20(16-18-10-4-1-5-11-18)23(19-12-6-2-7-13-19)24-25(22)21-14-8-3-9-15-21/h1-15,17H,16H2. The Kier molecular flexibility index (Phi) is 4.71. The van der Waals surface area contributed by atoms with Gasteiger partial charge >= 0.3 is 0 Å². The van der Waals surface area contributed by atoms with Crippen LogP contribution in [0.15, 0.2) is 97.1 Å². The van der Waals surface area contributed by atoms with Crippen molar-refractivity contribution in [1.29, 1.82) is 0 Å². The van der Waals surface area contributed by atoms with Crippen molar-refractivity contribution in [2.75, 3.05) is 0 Å². The SMILES string of the molecule is S=c1cc(Cc2ccccc2)c(-c2ccccc2)nn1-c1ccccc1. The van der Waals surface area contributed by atoms with Gasteiger partial charge in [0.1, 0.15) is 4.64 Å². The lowest BCUT2D eigenvalue weighted by Gasteiger charge is -2.14. The Labute approximate surface area is 158 Å². The fourth-order valence-electron chi connectivity index (χ4n) is 3.04. The van der Waals surface area contributed by atoms with E-state index in [1.807, 2.05) is 59.3 Å². The fraction of sp³-hybridized carbons (Fsp3) is 0.0435. The van der Waals surface area contributed by atoms with E-state index in [4.69, 9.17) is 17.3 Å². The minimum atomic E-state index is 0.710. The van der Waals surface area contributed by atoms with Crippen molar-refractivity contribution in [3.63, 3.8) is 0 Å². The first kappa shape index (κ1) is 16.4. The van der Waals surface area contributed by atoms with Gasteiger partial charge in [-0.15, -0.1) is 0 Å². The summed E-state index contributed by atoms with van der Waals surface area (Å²) < 4.78 is 2.55. The molecule has 0 unspecified atom stereocenters. The van der Waals surface area contributed by atoms with Gasteiger partial charge in [-0.05, 0) is 35.7 Å². The van der Waals surface area contributed by atoms with Crippen molar-refractivity contribution in [2.24, 2.45) is 0 Å². The Morgan fingerprint density at radius 3 is 1.96 bits per heavy atom. The van der Waals surface area contributed by atoms with Crippen molar-refractivity contribution in [3.05, 3.63) is 113 Å². The molecule has 4 aromatic rings. The molecule has 0 N–H and O–H groups in total. The van der Waals surface area contributed by atoms with Crippen LogP contribution in [0.2, 0.25) is 0 Å². The number of para-hydroxylation sites is 1. The number of hydrogen-bond acceptors (Lipinski definition) is 2. The second-order valence-electron chi connectivity index (χ2n) is 6.13. The number of nitrogens with zero attached hydrogens (tertiary/aromatic N) is 2. The van der Waals surface area contributed by atoms with Gasteiger partial charge in [0.15, 0.2) is 0 Å². The maximum absolute atomic E-state index is 5.65. The monoisotopic (exact) mass is 354 g/mol. The van der Waals surface area contributed by atoms with E-state index in [1.165, 1.54) is 5.56 Å². The summed E-state index contributed by atoms with van der Waals surface area (Å²) in [5, 5.41) is 4.92. The average Bonchev–Trinajstić information content (AvgIpc) is 2.70. The van der Waals surface area contributed by atoms with Gasteiger partial charge in [-0.1, -0.05) is 91.1 Å². The van der Waals surface area contributed by atoms with Crippen LogP contribution in [0.25, 0.3) is 16.9 Å². The number of rotatable bonds is 4. The predicted octanol–water partition coefficient (Wildman–Crippen LogP) is 5.86. The molecule has 0 aliphatic rings. The quantitative estimate of drug-likeness (QED) is 0.427. The molecular formula is C23H18N2S. The van der Waals surface area contributed by atoms with E-state index in [0.29, 0.717) is 4.64 Å². The molecule has 4 rings (SSSR count). The molecule has 0 bridgehead atoms. The maximum atomic E-state index is 5.65. The highest BCUT2D eigenvalue weighted by Gasteiger charge is 2.11. The third kappa shape index (κ3) is 3.48. The molecule has 126 valence electrons. The molecule has 3 aromatic carbocycles. The third-order valence-electron chi connectivity index (χ3n) is 4.30. The highest BCUT2D eigenvalue weighted by molar-refractivity contribution is 7.71. The van der Waals surface area contributed by atoms with Crippen LogP contribution in [0.1, 0.15) is 11.1 Å². The summed E-state index contributed by atoms with van der Waals surface area (Å²) in [7, 11) is 0. The summed E-state index contributed by atoms with van der Waals surface area (Å²) in [5.74, 6) is 0. The lowest BCUT2D eigenvalue weighted by atomic mass is 10.0. The van der Waals surface area contributed by atoms with Gasteiger partial charge < -0.3 is 0 Å². The number of hydrogen-bond donors (Lipinski definition) is 0. The molecule has 0 atom stereocenters. The van der Waals surface area contributed by atoms with E-state index in [1.54, 1.807) is 0 Å². The second kappa shape index (κ2) is 7.46. The Balaban J connectivity index is 1.88. The van der Waals surface area contributed by atoms with Crippen LogP contribution in [0.3, 0.4) is 0 Å². The Morgan fingerprint density at radius 1 is 0.731 bits per heavy atom. The van der Waals surface area contributed by atoms with Crippen molar-refractivity contribution in [2.45, 2.75) is 6.42 Å². The fourth-order valence-corrected chi connectivity index (χ4v) is 3.32. The van der Waals surface area contributed by atoms with Crippen LogP contribution in [0.4, 0.5) is 0 Å². The van der Waals surface area contributed by atoms with Gasteiger partial charge in [0.05, 0.1) is 11.4 Å². The van der Waals surface area contributed by atoms with Crippen LogP contribution < -0.4 is 0 Å². The molecule has 1 heterocycles. The molecule has 0 radical (unpaired) electrons. The van der Waals surface area contributed by atoms with Crippen molar-refractivity contribution >= 4 is 12.2 Å². The normalized spacial score (nSPS) is 10.6. The summed E-state index contributed by atoms with van der Waals surface area (Å²) in [5.41, 5.74) is 5.42. The summed E-state index contributed by atoms with van der Waals surface area (Å²) >= 11 is 5.65. The molecule has 0 spiro atoms. The Morgan fingerprint density at radius 2 is 1.31 bits per heavy atom. The highest BCUT2D eigenvalue weighted by atomic mass is 32.1. The van der Waals surface area contributed by atoms with E-state index < -0.39 is 0 Å². The molecule has 0 aliphatic carbocycles. The van der Waals surface area contributed by atoms with Crippen LogP contribution in [0.5, 0.6) is 0 Å². The number of benzene rings is 3. The molecule has 0 saturated carbocycles. The van der Waals surface area contributed by atoms with Crippen LogP contribution in [-0.2, 0) is 6.42 Å². The Hall–Kier alpha value is -3.04. The zero-order valence-electron chi connectivity index (χ0n) is 14.2. The first-order valence-electron chi connectivity index (χ1n) is 8.59. The molecule has 0 fully saturated rings. The number of aromatic nitrogens is 2. The summed E-state index contributed by atoms with van der Waals surface area (Å²) in [6.07, 6.45) is 0.803. The van der Waals surface area contributed by atoms with Gasteiger partial charge in [0, 0.05) is 5.56 Å². The Bertz CT molecular complexity index is 1060. The second-order valence-corrected chi connectivity index (χ2v) is 6.55. The van der Waals surface area contributed by atoms with Crippen molar-refractivity contribution in [1.82, 2.24) is 9.78 Å². The van der Waals surface area contributed by atoms with Crippen molar-refractivity contribution in [3.8, 4) is 16.9 Å². The van der Waals surface area contributed by atoms with Gasteiger partial charge in [-0.25, -0.2) is 4.68 Å². The highest BCUT2D eigenvalue weighted by Crippen LogP contribution is 2.25. The van der Waals surface area contributed by atoms with Gasteiger partial charge in [0.25, 0.3) is 0 Å². The van der Waals surface area contributed by atoms with Gasteiger partial charge in [-0.3, -0.25) is 0 Å². The minimum Gasteiger partial charge on any atom is -0.222 e. The van der Waals surface area contributed by atoms with Gasteiger partial charge in [0.2, 0.25) is 0 Å². The summed E-state index contributed by atoms with van der Waals surface area (Å²) in [4.78, 5) is 0. The van der Waals surface area contributed by atoms with Crippen LogP contribution in [-0.4, -0.2) is 9.78 Å². The lowest BCUT2D eigenvalue weighted by molar-refractivity contribution is 0.824.